The van der Waals surface area contributed by atoms with Crippen LogP contribution in [-0.2, 0) is 0 Å². The quantitative estimate of drug-likeness (QED) is 0.108. The van der Waals surface area contributed by atoms with Gasteiger partial charge in [-0.2, -0.15) is 0 Å². The Bertz CT molecular complexity index is 10400. The molecule has 0 radical (unpaired) electrons. The van der Waals surface area contributed by atoms with Crippen LogP contribution < -0.4 is 19.6 Å². The predicted molar refractivity (Wildman–Crippen MR) is 622 cm³/mol. The molecule has 0 saturated carbocycles. The van der Waals surface area contributed by atoms with Crippen molar-refractivity contribution in [3.8, 4) is 22.3 Å². The molecule has 32 aromatic rings. The lowest BCUT2D eigenvalue weighted by molar-refractivity contribution is 0.668. The smallest absolute Gasteiger partial charge is 0.159 e. The molecule has 0 unspecified atom stereocenters. The van der Waals surface area contributed by atoms with Crippen LogP contribution in [0.2, 0.25) is 0 Å². The van der Waals surface area contributed by atoms with Crippen molar-refractivity contribution in [1.82, 2.24) is 8.80 Å². The summed E-state index contributed by atoms with van der Waals surface area (Å²) < 4.78 is 23.4. The lowest BCUT2D eigenvalue weighted by atomic mass is 9.98. The number of thiophene rings is 2. The summed E-state index contributed by atoms with van der Waals surface area (Å²) in [6.45, 7) is 0. The minimum Gasteiger partial charge on any atom is -0.454 e. The van der Waals surface area contributed by atoms with Gasteiger partial charge in [-0.3, -0.25) is 0 Å². The molecule has 0 aliphatic heterocycles. The molecule has 32 rings (SSSR count). The summed E-state index contributed by atoms with van der Waals surface area (Å²) in [4.78, 5) is 9.47. The fourth-order valence-corrected chi connectivity index (χ4v) is 26.2. The second-order valence-corrected chi connectivity index (χ2v) is 40.6. The van der Waals surface area contributed by atoms with Gasteiger partial charge in [-0.25, -0.2) is 0 Å². The molecule has 0 bridgehead atoms. The molecule has 0 N–H and O–H groups in total. The number of hydrogen-bond acceptors (Lipinski definition) is 8. The van der Waals surface area contributed by atoms with Gasteiger partial charge in [-0.1, -0.05) is 291 Å². The zero-order valence-corrected chi connectivity index (χ0v) is 80.3. The summed E-state index contributed by atoms with van der Waals surface area (Å²) in [6, 6.07) is 182. The molecule has 0 saturated heterocycles. The minimum absolute atomic E-state index is 0.870. The summed E-state index contributed by atoms with van der Waals surface area (Å²) in [5, 5.41) is 29.6. The fourth-order valence-electron chi connectivity index (χ4n) is 23.8. The van der Waals surface area contributed by atoms with Crippen molar-refractivity contribution >= 4 is 294 Å². The summed E-state index contributed by atoms with van der Waals surface area (Å²) in [5.41, 5.74) is 28.8. The Balaban J connectivity index is 0.000000134. The zero-order chi connectivity index (χ0) is 95.5. The molecule has 0 aliphatic carbocycles. The first-order valence-electron chi connectivity index (χ1n) is 49.8. The molecule has 0 fully saturated rings. The van der Waals surface area contributed by atoms with Gasteiger partial charge in [0.15, 0.2) is 11.2 Å². The molecule has 8 heterocycles. The van der Waals surface area contributed by atoms with E-state index in [9.17, 15) is 0 Å². The van der Waals surface area contributed by atoms with Gasteiger partial charge in [-0.05, 0) is 272 Å². The maximum absolute atomic E-state index is 6.57. The molecule has 8 nitrogen and oxygen atoms in total. The van der Waals surface area contributed by atoms with Crippen molar-refractivity contribution in [3.05, 3.63) is 497 Å². The third-order valence-corrected chi connectivity index (χ3v) is 32.8. The summed E-state index contributed by atoms with van der Waals surface area (Å²) in [5.74, 6) is 0. The van der Waals surface area contributed by atoms with Crippen molar-refractivity contribution in [1.29, 1.82) is 0 Å². The number of hydrogen-bond donors (Lipinski definition) is 0. The molecular weight excluding hydrogens is 1810 g/mol. The third kappa shape index (κ3) is 12.7. The topological polar surface area (TPSA) is 48.1 Å². The summed E-state index contributed by atoms with van der Waals surface area (Å²) >= 11 is 3.74. The molecule has 0 aliphatic rings. The number of aromatic nitrogens is 2. The standard InChI is InChI=1S/C74H45N3O2.C62H37N3S2/c1-3-14-54(15-4-1)75(66-24-12-22-62-58-18-7-9-26-70(58)78-73(62)66)56-36-32-46(33-37-56)48-28-30-50-42-64-60-20-11-21-61-65-43-51-31-29-49(41-53(51)45-69(65)77(72(60)61)68(64)44-52(50)40-48)47-34-38-57(39-35-47)76(55-16-5-2-6-17-55)67-25-13-23-63-59-19-8-10-27-71(59)79-74(63)67;1-3-14-42(15-4-1)63(54-24-12-22-50-46-18-7-9-26-58(46)66-61(50)54)44-30-28-38-34-52-48-20-11-21-49-53-35-39-29-31-45(33-41(39)37-57(53)65(60(48)49)56(52)36-40(38)32-44)64(43-16-5-2-6-17-43)55-25-13-23-51-47-19-8-10-27-59(47)67-62(51)55/h1-45H;1-37H. The van der Waals surface area contributed by atoms with Gasteiger partial charge < -0.3 is 37.2 Å². The number of para-hydroxylation sites is 10. The number of furan rings is 2. The maximum atomic E-state index is 6.57. The van der Waals surface area contributed by atoms with Crippen LogP contribution in [0.4, 0.5) is 68.2 Å². The molecule has 24 aromatic carbocycles. The van der Waals surface area contributed by atoms with Crippen molar-refractivity contribution < 1.29 is 8.83 Å². The highest BCUT2D eigenvalue weighted by Gasteiger charge is 2.29. The van der Waals surface area contributed by atoms with Gasteiger partial charge in [0.2, 0.25) is 0 Å². The highest BCUT2D eigenvalue weighted by Crippen LogP contribution is 2.54. The first-order chi connectivity index (χ1) is 72.4. The SMILES string of the molecule is c1ccc(N(c2ccc(-c3ccc4cc5c6cccc7c8cc9ccc(-c%10ccc(N(c%11ccccc%11)c%11cccc%12c%11oc%11ccccc%11%12)cc%10)cc9cc8n(c5cc4c3)c67)cc2)c2cccc3c2oc2ccccc23)cc1.c1ccc(N(c2ccc3cc4c5cccc6c7cc8ccc(N(c9ccccc9)c9cccc%10c9sc9ccccc9%10)cc8cc7n(c4cc3c2)c56)c2cccc3c2sc2ccccc23)cc1. The lowest BCUT2D eigenvalue weighted by Gasteiger charge is -2.26. The number of anilines is 12. The highest BCUT2D eigenvalue weighted by molar-refractivity contribution is 7.27. The van der Waals surface area contributed by atoms with Crippen LogP contribution in [0, 0.1) is 0 Å². The Labute approximate surface area is 844 Å². The van der Waals surface area contributed by atoms with E-state index >= 15 is 0 Å². The van der Waals surface area contributed by atoms with Crippen molar-refractivity contribution in [2.75, 3.05) is 19.6 Å². The van der Waals surface area contributed by atoms with Crippen LogP contribution in [0.1, 0.15) is 0 Å². The monoisotopic (exact) mass is 1890 g/mol. The molecule has 680 valence electrons. The van der Waals surface area contributed by atoms with Crippen LogP contribution in [0.3, 0.4) is 0 Å². The number of nitrogens with zero attached hydrogens (tertiary/aromatic N) is 6. The van der Waals surface area contributed by atoms with E-state index in [1.165, 1.54) is 182 Å². The van der Waals surface area contributed by atoms with E-state index in [0.29, 0.717) is 0 Å². The summed E-state index contributed by atoms with van der Waals surface area (Å²) in [6.07, 6.45) is 0. The number of fused-ring (bicyclic) bond motifs is 28. The first kappa shape index (κ1) is 81.9. The number of rotatable bonds is 14. The molecule has 0 atom stereocenters. The Morgan fingerprint density at radius 3 is 0.801 bits per heavy atom. The highest BCUT2D eigenvalue weighted by atomic mass is 32.1. The van der Waals surface area contributed by atoms with Crippen LogP contribution >= 0.6 is 22.7 Å². The zero-order valence-electron chi connectivity index (χ0n) is 78.7. The number of benzene rings is 24. The summed E-state index contributed by atoms with van der Waals surface area (Å²) in [7, 11) is 0. The first-order valence-corrected chi connectivity index (χ1v) is 51.4. The van der Waals surface area contributed by atoms with Crippen LogP contribution in [0.5, 0.6) is 0 Å². The average molecular weight is 1900 g/mol. The molecule has 0 amide bonds. The van der Waals surface area contributed by atoms with Crippen LogP contribution in [-0.4, -0.2) is 8.80 Å². The molecule has 8 aromatic heterocycles. The average Bonchev–Trinajstić information content (AvgIpc) is 1.52. The van der Waals surface area contributed by atoms with Crippen LogP contribution in [0.25, 0.3) is 226 Å². The molecule has 0 spiro atoms. The van der Waals surface area contributed by atoms with E-state index in [2.05, 4.69) is 502 Å². The van der Waals surface area contributed by atoms with Crippen molar-refractivity contribution in [2.24, 2.45) is 0 Å². The molecular formula is C136H82N6O2S2. The van der Waals surface area contributed by atoms with E-state index in [1.807, 2.05) is 46.9 Å². The van der Waals surface area contributed by atoms with Crippen molar-refractivity contribution in [2.45, 2.75) is 0 Å². The van der Waals surface area contributed by atoms with Gasteiger partial charge in [0.05, 0.1) is 65.2 Å². The van der Waals surface area contributed by atoms with E-state index in [0.717, 1.165) is 112 Å². The largest absolute Gasteiger partial charge is 0.454 e. The Morgan fingerprint density at radius 2 is 0.432 bits per heavy atom. The second kappa shape index (κ2) is 32.4. The molecule has 10 heteroatoms. The maximum Gasteiger partial charge on any atom is 0.159 e. The Morgan fingerprint density at radius 1 is 0.164 bits per heavy atom. The Hall–Kier alpha value is -18.8. The van der Waals surface area contributed by atoms with E-state index in [4.69, 9.17) is 8.83 Å². The third-order valence-electron chi connectivity index (χ3n) is 30.4. The second-order valence-electron chi connectivity index (χ2n) is 38.5. The minimum atomic E-state index is 0.870. The van der Waals surface area contributed by atoms with Crippen LogP contribution in [0.15, 0.2) is 506 Å². The van der Waals surface area contributed by atoms with Gasteiger partial charge >= 0.3 is 0 Å². The lowest BCUT2D eigenvalue weighted by Crippen LogP contribution is -2.10. The van der Waals surface area contributed by atoms with Gasteiger partial charge in [0, 0.05) is 141 Å². The van der Waals surface area contributed by atoms with Gasteiger partial charge in [-0.15, -0.1) is 22.7 Å². The van der Waals surface area contributed by atoms with Gasteiger partial charge in [0.25, 0.3) is 0 Å². The van der Waals surface area contributed by atoms with E-state index < -0.39 is 0 Å². The molecule has 146 heavy (non-hydrogen) atoms. The Kier molecular flexibility index (Phi) is 18.2. The predicted octanol–water partition coefficient (Wildman–Crippen LogP) is 40.0. The van der Waals surface area contributed by atoms with E-state index in [-0.39, 0.29) is 0 Å². The van der Waals surface area contributed by atoms with Crippen molar-refractivity contribution in [3.63, 3.8) is 0 Å². The van der Waals surface area contributed by atoms with E-state index in [1.54, 1.807) is 0 Å². The van der Waals surface area contributed by atoms with Gasteiger partial charge in [0.1, 0.15) is 11.2 Å². The normalized spacial score (nSPS) is 12.1. The fraction of sp³-hybridized carbons (Fsp3) is 0.